The third-order valence-corrected chi connectivity index (χ3v) is 2.63. The van der Waals surface area contributed by atoms with Crippen LogP contribution in [0, 0.1) is 5.82 Å². The standard InChI is InChI=1S/C9H13FN6O/c1-5-8(17)12-2-3-16(5)7-6(10)4-13-9(14-7)15-11/h4-5H,2-3,11H2,1H3,(H,12,17)(H,13,14,15). The summed E-state index contributed by atoms with van der Waals surface area (Å²) < 4.78 is 13.6. The zero-order chi connectivity index (χ0) is 12.4. The van der Waals surface area contributed by atoms with E-state index in [1.54, 1.807) is 11.8 Å². The van der Waals surface area contributed by atoms with Crippen LogP contribution in [0.25, 0.3) is 0 Å². The Bertz CT molecular complexity index is 439. The number of halogens is 1. The highest BCUT2D eigenvalue weighted by atomic mass is 19.1. The van der Waals surface area contributed by atoms with E-state index < -0.39 is 11.9 Å². The summed E-state index contributed by atoms with van der Waals surface area (Å²) in [7, 11) is 0. The first-order chi connectivity index (χ1) is 8.13. The molecule has 92 valence electrons. The lowest BCUT2D eigenvalue weighted by Crippen LogP contribution is -2.54. The Labute approximate surface area is 97.2 Å². The molecule has 1 aromatic heterocycles. The first-order valence-corrected chi connectivity index (χ1v) is 5.17. The molecule has 1 atom stereocenters. The lowest BCUT2D eigenvalue weighted by Gasteiger charge is -2.33. The highest BCUT2D eigenvalue weighted by molar-refractivity contribution is 5.85. The molecule has 0 radical (unpaired) electrons. The van der Waals surface area contributed by atoms with Crippen molar-refractivity contribution >= 4 is 17.7 Å². The number of hydrogen-bond donors (Lipinski definition) is 3. The number of rotatable bonds is 2. The number of hydrazine groups is 1. The fourth-order valence-corrected chi connectivity index (χ4v) is 1.70. The summed E-state index contributed by atoms with van der Waals surface area (Å²) in [6.45, 7) is 2.63. The Balaban J connectivity index is 2.34. The maximum absolute atomic E-state index is 13.6. The summed E-state index contributed by atoms with van der Waals surface area (Å²) in [5.41, 5.74) is 2.24. The minimum Gasteiger partial charge on any atom is -0.353 e. The van der Waals surface area contributed by atoms with Crippen molar-refractivity contribution in [3.8, 4) is 0 Å². The smallest absolute Gasteiger partial charge is 0.242 e. The number of carbonyl (C=O) groups is 1. The molecule has 0 aliphatic carbocycles. The van der Waals surface area contributed by atoms with Crippen molar-refractivity contribution in [1.29, 1.82) is 0 Å². The second kappa shape index (κ2) is 4.50. The first kappa shape index (κ1) is 11.5. The number of amides is 1. The molecule has 1 aliphatic rings. The lowest BCUT2D eigenvalue weighted by molar-refractivity contribution is -0.122. The summed E-state index contributed by atoms with van der Waals surface area (Å²) >= 11 is 0. The summed E-state index contributed by atoms with van der Waals surface area (Å²) in [4.78, 5) is 20.6. The highest BCUT2D eigenvalue weighted by Crippen LogP contribution is 2.20. The molecule has 2 heterocycles. The number of nitrogens with zero attached hydrogens (tertiary/aromatic N) is 3. The van der Waals surface area contributed by atoms with E-state index in [4.69, 9.17) is 5.84 Å². The molecule has 17 heavy (non-hydrogen) atoms. The Morgan fingerprint density at radius 1 is 1.71 bits per heavy atom. The van der Waals surface area contributed by atoms with Gasteiger partial charge in [0.25, 0.3) is 0 Å². The number of piperazine rings is 1. The van der Waals surface area contributed by atoms with Gasteiger partial charge in [-0.25, -0.2) is 15.2 Å². The third kappa shape index (κ3) is 2.11. The molecule has 1 unspecified atom stereocenters. The first-order valence-electron chi connectivity index (χ1n) is 5.17. The molecule has 1 saturated heterocycles. The van der Waals surface area contributed by atoms with Crippen molar-refractivity contribution in [2.75, 3.05) is 23.4 Å². The van der Waals surface area contributed by atoms with Crippen LogP contribution in [0.1, 0.15) is 6.92 Å². The van der Waals surface area contributed by atoms with Crippen molar-refractivity contribution in [3.05, 3.63) is 12.0 Å². The van der Waals surface area contributed by atoms with Gasteiger partial charge in [-0.3, -0.25) is 10.2 Å². The molecule has 0 spiro atoms. The number of aromatic nitrogens is 2. The minimum atomic E-state index is -0.578. The van der Waals surface area contributed by atoms with Crippen LogP contribution in [0.3, 0.4) is 0 Å². The third-order valence-electron chi connectivity index (χ3n) is 2.63. The second-order valence-corrected chi connectivity index (χ2v) is 3.67. The maximum Gasteiger partial charge on any atom is 0.242 e. The summed E-state index contributed by atoms with van der Waals surface area (Å²) in [6.07, 6.45) is 1.02. The molecule has 0 saturated carbocycles. The monoisotopic (exact) mass is 240 g/mol. The van der Waals surface area contributed by atoms with Crippen molar-refractivity contribution in [1.82, 2.24) is 15.3 Å². The second-order valence-electron chi connectivity index (χ2n) is 3.67. The molecule has 1 fully saturated rings. The number of carbonyl (C=O) groups excluding carboxylic acids is 1. The number of nitrogen functional groups attached to an aromatic ring is 1. The molecule has 0 aromatic carbocycles. The predicted octanol–water partition coefficient (Wildman–Crippen LogP) is -0.774. The molecule has 8 heteroatoms. The minimum absolute atomic E-state index is 0.0790. The van der Waals surface area contributed by atoms with Gasteiger partial charge >= 0.3 is 0 Å². The van der Waals surface area contributed by atoms with Crippen LogP contribution >= 0.6 is 0 Å². The van der Waals surface area contributed by atoms with E-state index in [-0.39, 0.29) is 17.7 Å². The fraction of sp³-hybridized carbons (Fsp3) is 0.444. The maximum atomic E-state index is 13.6. The largest absolute Gasteiger partial charge is 0.353 e. The van der Waals surface area contributed by atoms with Crippen molar-refractivity contribution in [2.24, 2.45) is 5.84 Å². The zero-order valence-corrected chi connectivity index (χ0v) is 9.27. The Morgan fingerprint density at radius 3 is 3.18 bits per heavy atom. The molecule has 1 amide bonds. The van der Waals surface area contributed by atoms with Gasteiger partial charge in [0.1, 0.15) is 6.04 Å². The van der Waals surface area contributed by atoms with Gasteiger partial charge in [-0.05, 0) is 6.92 Å². The molecular formula is C9H13FN6O. The highest BCUT2D eigenvalue weighted by Gasteiger charge is 2.28. The Hall–Kier alpha value is -1.96. The van der Waals surface area contributed by atoms with E-state index in [9.17, 15) is 9.18 Å². The zero-order valence-electron chi connectivity index (χ0n) is 9.27. The summed E-state index contributed by atoms with van der Waals surface area (Å²) in [6, 6.07) is -0.473. The van der Waals surface area contributed by atoms with Crippen LogP contribution in [-0.4, -0.2) is 35.0 Å². The van der Waals surface area contributed by atoms with E-state index >= 15 is 0 Å². The topological polar surface area (TPSA) is 96.2 Å². The van der Waals surface area contributed by atoms with Gasteiger partial charge < -0.3 is 10.2 Å². The number of nitrogens with one attached hydrogen (secondary N) is 2. The van der Waals surface area contributed by atoms with Gasteiger partial charge in [0.2, 0.25) is 11.9 Å². The average molecular weight is 240 g/mol. The number of nitrogens with two attached hydrogens (primary N) is 1. The molecule has 4 N–H and O–H groups in total. The van der Waals surface area contributed by atoms with E-state index in [1.165, 1.54) is 0 Å². The van der Waals surface area contributed by atoms with Crippen molar-refractivity contribution < 1.29 is 9.18 Å². The van der Waals surface area contributed by atoms with Gasteiger partial charge in [0, 0.05) is 13.1 Å². The molecule has 7 nitrogen and oxygen atoms in total. The normalized spacial score (nSPS) is 20.1. The van der Waals surface area contributed by atoms with Gasteiger partial charge in [0.05, 0.1) is 6.20 Å². The van der Waals surface area contributed by atoms with Gasteiger partial charge in [-0.1, -0.05) is 0 Å². The van der Waals surface area contributed by atoms with E-state index in [1.807, 2.05) is 0 Å². The Morgan fingerprint density at radius 2 is 2.47 bits per heavy atom. The number of anilines is 2. The predicted molar refractivity (Wildman–Crippen MR) is 59.6 cm³/mol. The van der Waals surface area contributed by atoms with Crippen LogP contribution in [0.15, 0.2) is 6.20 Å². The quantitative estimate of drug-likeness (QED) is 0.464. The van der Waals surface area contributed by atoms with Crippen molar-refractivity contribution in [3.63, 3.8) is 0 Å². The van der Waals surface area contributed by atoms with Crippen molar-refractivity contribution in [2.45, 2.75) is 13.0 Å². The SMILES string of the molecule is CC1C(=O)NCCN1c1nc(NN)ncc1F. The van der Waals surface area contributed by atoms with Crippen LogP contribution in [0.5, 0.6) is 0 Å². The van der Waals surface area contributed by atoms with E-state index in [0.29, 0.717) is 13.1 Å². The molecule has 1 aliphatic heterocycles. The average Bonchev–Trinajstić information content (AvgIpc) is 2.34. The molecule has 1 aromatic rings. The Kier molecular flexibility index (Phi) is 3.05. The summed E-state index contributed by atoms with van der Waals surface area (Å²) in [5.74, 6) is 4.62. The van der Waals surface area contributed by atoms with Gasteiger partial charge in [-0.15, -0.1) is 0 Å². The van der Waals surface area contributed by atoms with E-state index in [0.717, 1.165) is 6.20 Å². The number of hydrogen-bond acceptors (Lipinski definition) is 6. The van der Waals surface area contributed by atoms with Crippen LogP contribution in [0.2, 0.25) is 0 Å². The summed E-state index contributed by atoms with van der Waals surface area (Å²) in [5, 5.41) is 2.69. The van der Waals surface area contributed by atoms with Crippen LogP contribution in [0.4, 0.5) is 16.2 Å². The lowest BCUT2D eigenvalue weighted by atomic mass is 10.2. The van der Waals surface area contributed by atoms with E-state index in [2.05, 4.69) is 20.7 Å². The molecular weight excluding hydrogens is 227 g/mol. The van der Waals surface area contributed by atoms with Crippen LogP contribution in [-0.2, 0) is 4.79 Å². The molecule has 2 rings (SSSR count). The van der Waals surface area contributed by atoms with Gasteiger partial charge in [0.15, 0.2) is 11.6 Å². The van der Waals surface area contributed by atoms with Crippen LogP contribution < -0.4 is 21.5 Å². The fourth-order valence-electron chi connectivity index (χ4n) is 1.70. The van der Waals surface area contributed by atoms with Gasteiger partial charge in [-0.2, -0.15) is 4.98 Å². The molecule has 0 bridgehead atoms.